The maximum Gasteiger partial charge on any atom is 0.143 e. The second-order valence-corrected chi connectivity index (χ2v) is 4.62. The van der Waals surface area contributed by atoms with Crippen molar-refractivity contribution in [1.29, 1.82) is 0 Å². The van der Waals surface area contributed by atoms with Crippen molar-refractivity contribution >= 4 is 5.69 Å². The fourth-order valence-electron chi connectivity index (χ4n) is 2.29. The van der Waals surface area contributed by atoms with Gasteiger partial charge in [-0.25, -0.2) is 4.39 Å². The number of hydrogen-bond donors (Lipinski definition) is 1. The predicted molar refractivity (Wildman–Crippen MR) is 71.8 cm³/mol. The Morgan fingerprint density at radius 2 is 2.26 bits per heavy atom. The molecular formula is C15H15FN2O. The topological polar surface area (TPSA) is 34.1 Å². The van der Waals surface area contributed by atoms with Gasteiger partial charge in [0.2, 0.25) is 0 Å². The number of nitrogens with zero attached hydrogens (tertiary/aromatic N) is 1. The summed E-state index contributed by atoms with van der Waals surface area (Å²) < 4.78 is 18.8. The maximum absolute atomic E-state index is 13.0. The third kappa shape index (κ3) is 2.67. The monoisotopic (exact) mass is 258 g/mol. The fourth-order valence-corrected chi connectivity index (χ4v) is 2.29. The first-order chi connectivity index (χ1) is 9.33. The van der Waals surface area contributed by atoms with Gasteiger partial charge in [-0.3, -0.25) is 4.98 Å². The Balaban J connectivity index is 1.77. The van der Waals surface area contributed by atoms with E-state index in [4.69, 9.17) is 4.74 Å². The molecule has 98 valence electrons. The first-order valence-corrected chi connectivity index (χ1v) is 6.41. The highest BCUT2D eigenvalue weighted by atomic mass is 19.1. The van der Waals surface area contributed by atoms with Crippen LogP contribution < -0.4 is 10.1 Å². The van der Waals surface area contributed by atoms with Gasteiger partial charge in [0.1, 0.15) is 18.2 Å². The molecule has 1 aliphatic heterocycles. The van der Waals surface area contributed by atoms with Gasteiger partial charge in [-0.2, -0.15) is 0 Å². The van der Waals surface area contributed by atoms with Gasteiger partial charge in [0.25, 0.3) is 0 Å². The van der Waals surface area contributed by atoms with E-state index in [0.29, 0.717) is 6.61 Å². The zero-order chi connectivity index (χ0) is 13.1. The summed E-state index contributed by atoms with van der Waals surface area (Å²) in [5.74, 6) is 0.482. The normalized spacial score (nSPS) is 13.5. The summed E-state index contributed by atoms with van der Waals surface area (Å²) in [6, 6.07) is 7.47. The molecule has 0 amide bonds. The Hall–Kier alpha value is -2.10. The largest absolute Gasteiger partial charge is 0.487 e. The first kappa shape index (κ1) is 12.0. The van der Waals surface area contributed by atoms with Crippen LogP contribution in [0.25, 0.3) is 0 Å². The van der Waals surface area contributed by atoms with E-state index in [1.807, 2.05) is 12.1 Å². The highest BCUT2D eigenvalue weighted by Gasteiger charge is 2.13. The lowest BCUT2D eigenvalue weighted by Crippen LogP contribution is -2.13. The van der Waals surface area contributed by atoms with Gasteiger partial charge in [0, 0.05) is 18.3 Å². The van der Waals surface area contributed by atoms with Gasteiger partial charge in [-0.05, 0) is 30.5 Å². The number of halogens is 1. The predicted octanol–water partition coefficient (Wildman–Crippen LogP) is 3.16. The van der Waals surface area contributed by atoms with Crippen molar-refractivity contribution in [2.24, 2.45) is 0 Å². The molecule has 1 aromatic heterocycles. The molecule has 1 N–H and O–H groups in total. The molecule has 0 saturated carbocycles. The molecule has 2 aromatic rings. The Morgan fingerprint density at radius 1 is 1.32 bits per heavy atom. The molecule has 1 aromatic carbocycles. The minimum Gasteiger partial charge on any atom is -0.487 e. The van der Waals surface area contributed by atoms with Crippen molar-refractivity contribution in [2.45, 2.75) is 19.4 Å². The van der Waals surface area contributed by atoms with Crippen molar-refractivity contribution in [2.75, 3.05) is 11.9 Å². The summed E-state index contributed by atoms with van der Waals surface area (Å²) in [7, 11) is 0. The summed E-state index contributed by atoms with van der Waals surface area (Å²) in [5.41, 5.74) is 3.08. The number of para-hydroxylation sites is 1. The van der Waals surface area contributed by atoms with Crippen LogP contribution in [0.2, 0.25) is 0 Å². The third-order valence-corrected chi connectivity index (χ3v) is 3.19. The molecule has 4 heteroatoms. The number of aryl methyl sites for hydroxylation is 1. The van der Waals surface area contributed by atoms with Crippen molar-refractivity contribution in [3.8, 4) is 5.75 Å². The molecule has 0 spiro atoms. The number of rotatable bonds is 3. The zero-order valence-electron chi connectivity index (χ0n) is 10.5. The highest BCUT2D eigenvalue weighted by Crippen LogP contribution is 2.32. The molecule has 0 atom stereocenters. The van der Waals surface area contributed by atoms with E-state index < -0.39 is 0 Å². The van der Waals surface area contributed by atoms with E-state index >= 15 is 0 Å². The lowest BCUT2D eigenvalue weighted by Gasteiger charge is -2.21. The summed E-state index contributed by atoms with van der Waals surface area (Å²) in [5, 5.41) is 3.36. The van der Waals surface area contributed by atoms with E-state index in [9.17, 15) is 4.39 Å². The summed E-state index contributed by atoms with van der Waals surface area (Å²) in [6.45, 7) is 1.29. The molecule has 0 radical (unpaired) electrons. The van der Waals surface area contributed by atoms with Crippen molar-refractivity contribution in [3.63, 3.8) is 0 Å². The maximum atomic E-state index is 13.0. The highest BCUT2D eigenvalue weighted by molar-refractivity contribution is 5.63. The van der Waals surface area contributed by atoms with E-state index in [-0.39, 0.29) is 5.82 Å². The number of hydrogen-bond acceptors (Lipinski definition) is 3. The number of fused-ring (bicyclic) bond motifs is 1. The van der Waals surface area contributed by atoms with Gasteiger partial charge in [0.15, 0.2) is 0 Å². The van der Waals surface area contributed by atoms with Crippen LogP contribution in [0.5, 0.6) is 5.75 Å². The van der Waals surface area contributed by atoms with Crippen LogP contribution in [-0.2, 0) is 13.0 Å². The fraction of sp³-hybridized carbons (Fsp3) is 0.267. The van der Waals surface area contributed by atoms with Crippen LogP contribution in [-0.4, -0.2) is 11.5 Å². The van der Waals surface area contributed by atoms with Crippen LogP contribution in [0.3, 0.4) is 0 Å². The van der Waals surface area contributed by atoms with Crippen molar-refractivity contribution in [1.82, 2.24) is 4.98 Å². The molecule has 0 fully saturated rings. The number of anilines is 1. The SMILES string of the molecule is Fc1cncc(COc2cccc3c2NCCC3)c1. The minimum absolute atomic E-state index is 0.322. The molecule has 0 aliphatic carbocycles. The Kier molecular flexibility index (Phi) is 3.31. The van der Waals surface area contributed by atoms with Crippen LogP contribution >= 0.6 is 0 Å². The summed E-state index contributed by atoms with van der Waals surface area (Å²) >= 11 is 0. The van der Waals surface area contributed by atoms with E-state index in [1.165, 1.54) is 17.8 Å². The van der Waals surface area contributed by atoms with Gasteiger partial charge < -0.3 is 10.1 Å². The van der Waals surface area contributed by atoms with Crippen LogP contribution in [0, 0.1) is 5.82 Å². The number of nitrogens with one attached hydrogen (secondary N) is 1. The Labute approximate surface area is 111 Å². The lowest BCUT2D eigenvalue weighted by molar-refractivity contribution is 0.306. The van der Waals surface area contributed by atoms with E-state index in [1.54, 1.807) is 6.20 Å². The van der Waals surface area contributed by atoms with Crippen molar-refractivity contribution in [3.05, 3.63) is 53.6 Å². The first-order valence-electron chi connectivity index (χ1n) is 6.41. The quantitative estimate of drug-likeness (QED) is 0.918. The Morgan fingerprint density at radius 3 is 3.16 bits per heavy atom. The molecule has 0 unspecified atom stereocenters. The molecule has 2 heterocycles. The standard InChI is InChI=1S/C15H15FN2O/c16-13-7-11(8-17-9-13)10-19-14-5-1-3-12-4-2-6-18-15(12)14/h1,3,5,7-9,18H,2,4,6,10H2. The number of pyridine rings is 1. The number of benzene rings is 1. The molecule has 0 bridgehead atoms. The van der Waals surface area contributed by atoms with Crippen LogP contribution in [0.1, 0.15) is 17.5 Å². The van der Waals surface area contributed by atoms with Crippen LogP contribution in [0.15, 0.2) is 36.7 Å². The van der Waals surface area contributed by atoms with E-state index in [0.717, 1.165) is 36.4 Å². The van der Waals surface area contributed by atoms with Gasteiger partial charge in [-0.15, -0.1) is 0 Å². The number of ether oxygens (including phenoxy) is 1. The molecule has 19 heavy (non-hydrogen) atoms. The number of aromatic nitrogens is 1. The molecule has 1 aliphatic rings. The van der Waals surface area contributed by atoms with Crippen LogP contribution in [0.4, 0.5) is 10.1 Å². The molecule has 3 rings (SSSR count). The minimum atomic E-state index is -0.339. The van der Waals surface area contributed by atoms with Gasteiger partial charge in [0.05, 0.1) is 11.9 Å². The lowest BCUT2D eigenvalue weighted by atomic mass is 10.0. The molecular weight excluding hydrogens is 243 g/mol. The zero-order valence-corrected chi connectivity index (χ0v) is 10.5. The Bertz CT molecular complexity index is 586. The summed E-state index contributed by atoms with van der Waals surface area (Å²) in [4.78, 5) is 3.81. The average Bonchev–Trinajstić information content (AvgIpc) is 2.45. The third-order valence-electron chi connectivity index (χ3n) is 3.19. The van der Waals surface area contributed by atoms with E-state index in [2.05, 4.69) is 16.4 Å². The summed E-state index contributed by atoms with van der Waals surface area (Å²) in [6.07, 6.45) is 5.02. The molecule has 3 nitrogen and oxygen atoms in total. The second kappa shape index (κ2) is 5.26. The van der Waals surface area contributed by atoms with Gasteiger partial charge in [-0.1, -0.05) is 12.1 Å². The molecule has 0 saturated heterocycles. The average molecular weight is 258 g/mol. The van der Waals surface area contributed by atoms with Gasteiger partial charge >= 0.3 is 0 Å². The smallest absolute Gasteiger partial charge is 0.143 e. The second-order valence-electron chi connectivity index (χ2n) is 4.62. The van der Waals surface area contributed by atoms with Crippen molar-refractivity contribution < 1.29 is 9.13 Å².